The molecule has 0 atom stereocenters. The Morgan fingerprint density at radius 2 is 1.65 bits per heavy atom. The zero-order chi connectivity index (χ0) is 26.2. The van der Waals surface area contributed by atoms with E-state index in [1.54, 1.807) is 55.8 Å². The minimum atomic E-state index is -0.485. The average molecular weight is 491 g/mol. The van der Waals surface area contributed by atoms with Crippen molar-refractivity contribution in [2.24, 2.45) is 5.73 Å². The summed E-state index contributed by atoms with van der Waals surface area (Å²) in [5.74, 6) is -0.219. The minimum absolute atomic E-state index is 0.329. The Kier molecular flexibility index (Phi) is 7.75. The first-order valence-electron chi connectivity index (χ1n) is 11.5. The monoisotopic (exact) mass is 490 g/mol. The third-order valence-corrected chi connectivity index (χ3v) is 5.59. The molecule has 0 saturated carbocycles. The molecule has 5 N–H and O–H groups in total. The summed E-state index contributed by atoms with van der Waals surface area (Å²) in [5.41, 5.74) is 17.0. The van der Waals surface area contributed by atoms with Gasteiger partial charge in [0.25, 0.3) is 0 Å². The molecular formula is C30H26N4O3. The lowest BCUT2D eigenvalue weighted by atomic mass is 9.95. The quantitative estimate of drug-likeness (QED) is 0.237. The van der Waals surface area contributed by atoms with Gasteiger partial charge < -0.3 is 21.5 Å². The van der Waals surface area contributed by atoms with Gasteiger partial charge in [-0.05, 0) is 64.7 Å². The first-order chi connectivity index (χ1) is 17.9. The van der Waals surface area contributed by atoms with Gasteiger partial charge in [0, 0.05) is 23.9 Å². The maximum absolute atomic E-state index is 12.4. The van der Waals surface area contributed by atoms with Gasteiger partial charge in [0.15, 0.2) is 0 Å². The molecule has 37 heavy (non-hydrogen) atoms. The van der Waals surface area contributed by atoms with Crippen molar-refractivity contribution in [2.45, 2.75) is 0 Å². The van der Waals surface area contributed by atoms with E-state index in [1.165, 1.54) is 6.08 Å². The number of primary amides is 1. The number of aromatic nitrogens is 1. The van der Waals surface area contributed by atoms with Crippen LogP contribution < -0.4 is 21.5 Å². The normalized spacial score (nSPS) is 11.3. The van der Waals surface area contributed by atoms with Crippen LogP contribution in [0.5, 0.6) is 5.75 Å². The Bertz CT molecular complexity index is 1480. The van der Waals surface area contributed by atoms with E-state index >= 15 is 0 Å². The summed E-state index contributed by atoms with van der Waals surface area (Å²) in [5, 5.41) is 2.75. The van der Waals surface area contributed by atoms with Crippen LogP contribution in [0.15, 0.2) is 97.2 Å². The van der Waals surface area contributed by atoms with Crippen molar-refractivity contribution in [3.63, 3.8) is 0 Å². The van der Waals surface area contributed by atoms with Crippen LogP contribution in [0.25, 0.3) is 17.7 Å². The van der Waals surface area contributed by atoms with Crippen molar-refractivity contribution in [1.29, 1.82) is 0 Å². The Labute approximate surface area is 215 Å². The number of methoxy groups -OCH3 is 1. The van der Waals surface area contributed by atoms with E-state index in [9.17, 15) is 9.59 Å². The standard InChI is InChI=1S/C30H26N4O3/c1-37-25-13-14-27(31)28(18-25)34-29(35)15-11-20-10-12-24(33-19-20)17-26(21-6-3-2-4-7-21)22-8-5-9-23(16-22)30(32)36/h2-19H,31H2,1H3,(H2,32,36)(H,34,35)/b15-11+,26-17+. The molecule has 7 nitrogen and oxygen atoms in total. The second kappa shape index (κ2) is 11.5. The number of carbonyl (C=O) groups excluding carboxylic acids is 2. The first-order valence-corrected chi connectivity index (χ1v) is 11.5. The van der Waals surface area contributed by atoms with Gasteiger partial charge in [-0.25, -0.2) is 0 Å². The zero-order valence-electron chi connectivity index (χ0n) is 20.2. The lowest BCUT2D eigenvalue weighted by Crippen LogP contribution is -2.10. The topological polar surface area (TPSA) is 120 Å². The molecule has 0 unspecified atom stereocenters. The van der Waals surface area contributed by atoms with Crippen molar-refractivity contribution in [3.8, 4) is 5.75 Å². The van der Waals surface area contributed by atoms with Crippen molar-refractivity contribution in [1.82, 2.24) is 4.98 Å². The van der Waals surface area contributed by atoms with Crippen LogP contribution in [0.1, 0.15) is 32.7 Å². The second-order valence-electron chi connectivity index (χ2n) is 8.16. The van der Waals surface area contributed by atoms with Crippen LogP contribution in [0, 0.1) is 0 Å². The van der Waals surface area contributed by atoms with Gasteiger partial charge >= 0.3 is 0 Å². The van der Waals surface area contributed by atoms with Crippen molar-refractivity contribution in [2.75, 3.05) is 18.2 Å². The van der Waals surface area contributed by atoms with Crippen LogP contribution >= 0.6 is 0 Å². The highest BCUT2D eigenvalue weighted by molar-refractivity contribution is 6.03. The maximum atomic E-state index is 12.4. The van der Waals surface area contributed by atoms with E-state index in [0.717, 1.165) is 22.3 Å². The molecule has 0 bridgehead atoms. The van der Waals surface area contributed by atoms with Crippen LogP contribution in [-0.2, 0) is 4.79 Å². The molecule has 184 valence electrons. The summed E-state index contributed by atoms with van der Waals surface area (Å²) in [6.45, 7) is 0. The molecule has 0 saturated heterocycles. The summed E-state index contributed by atoms with van der Waals surface area (Å²) in [7, 11) is 1.55. The first kappa shape index (κ1) is 24.9. The molecule has 4 aromatic rings. The SMILES string of the molecule is COc1ccc(N)c(NC(=O)/C=C/c2ccc(/C=C(\c3ccccc3)c3cccc(C(N)=O)c3)nc2)c1. The number of nitrogens with zero attached hydrogens (tertiary/aromatic N) is 1. The molecule has 0 fully saturated rings. The highest BCUT2D eigenvalue weighted by Gasteiger charge is 2.09. The fourth-order valence-corrected chi connectivity index (χ4v) is 3.66. The van der Waals surface area contributed by atoms with Gasteiger partial charge in [-0.15, -0.1) is 0 Å². The predicted octanol–water partition coefficient (Wildman–Crippen LogP) is 5.01. The fraction of sp³-hybridized carbons (Fsp3) is 0.0333. The molecule has 3 aromatic carbocycles. The number of nitrogen functional groups attached to an aromatic ring is 1. The molecule has 1 heterocycles. The lowest BCUT2D eigenvalue weighted by Gasteiger charge is -2.10. The van der Waals surface area contributed by atoms with Crippen LogP contribution in [-0.4, -0.2) is 23.9 Å². The minimum Gasteiger partial charge on any atom is -0.497 e. The molecular weight excluding hydrogens is 464 g/mol. The third-order valence-electron chi connectivity index (χ3n) is 5.59. The summed E-state index contributed by atoms with van der Waals surface area (Å²) in [6, 6.07) is 25.8. The predicted molar refractivity (Wildman–Crippen MR) is 148 cm³/mol. The van der Waals surface area contributed by atoms with E-state index in [4.69, 9.17) is 16.2 Å². The molecule has 1 aromatic heterocycles. The number of amides is 2. The lowest BCUT2D eigenvalue weighted by molar-refractivity contribution is -0.111. The fourth-order valence-electron chi connectivity index (χ4n) is 3.66. The summed E-state index contributed by atoms with van der Waals surface area (Å²) in [4.78, 5) is 28.6. The van der Waals surface area contributed by atoms with Gasteiger partial charge in [-0.3, -0.25) is 14.6 Å². The third kappa shape index (κ3) is 6.49. The van der Waals surface area contributed by atoms with Gasteiger partial charge in [0.2, 0.25) is 11.8 Å². The largest absolute Gasteiger partial charge is 0.497 e. The van der Waals surface area contributed by atoms with E-state index in [-0.39, 0.29) is 5.91 Å². The molecule has 2 amide bonds. The number of nitrogens with two attached hydrogens (primary N) is 2. The van der Waals surface area contributed by atoms with E-state index in [0.29, 0.717) is 28.4 Å². The van der Waals surface area contributed by atoms with E-state index in [2.05, 4.69) is 10.3 Å². The number of pyridine rings is 1. The van der Waals surface area contributed by atoms with Gasteiger partial charge in [-0.1, -0.05) is 48.5 Å². The van der Waals surface area contributed by atoms with Gasteiger partial charge in [0.1, 0.15) is 5.75 Å². The van der Waals surface area contributed by atoms with Crippen molar-refractivity contribution >= 4 is 40.9 Å². The highest BCUT2D eigenvalue weighted by Crippen LogP contribution is 2.27. The molecule has 0 aliphatic carbocycles. The second-order valence-corrected chi connectivity index (χ2v) is 8.16. The number of ether oxygens (including phenoxy) is 1. The highest BCUT2D eigenvalue weighted by atomic mass is 16.5. The number of hydrogen-bond donors (Lipinski definition) is 3. The molecule has 0 radical (unpaired) electrons. The molecule has 0 aliphatic rings. The number of carbonyl (C=O) groups is 2. The van der Waals surface area contributed by atoms with E-state index in [1.807, 2.05) is 54.6 Å². The van der Waals surface area contributed by atoms with Crippen LogP contribution in [0.2, 0.25) is 0 Å². The summed E-state index contributed by atoms with van der Waals surface area (Å²) < 4.78 is 5.17. The van der Waals surface area contributed by atoms with Gasteiger partial charge in [0.05, 0.1) is 24.2 Å². The van der Waals surface area contributed by atoms with Crippen LogP contribution in [0.3, 0.4) is 0 Å². The smallest absolute Gasteiger partial charge is 0.248 e. The molecule has 0 spiro atoms. The number of anilines is 2. The molecule has 7 heteroatoms. The summed E-state index contributed by atoms with van der Waals surface area (Å²) >= 11 is 0. The number of benzene rings is 3. The Morgan fingerprint density at radius 1 is 0.892 bits per heavy atom. The Hall–Kier alpha value is -5.17. The van der Waals surface area contributed by atoms with Gasteiger partial charge in [-0.2, -0.15) is 0 Å². The molecule has 0 aliphatic heterocycles. The number of hydrogen-bond acceptors (Lipinski definition) is 5. The zero-order valence-corrected chi connectivity index (χ0v) is 20.2. The number of rotatable bonds is 8. The van der Waals surface area contributed by atoms with Crippen LogP contribution in [0.4, 0.5) is 11.4 Å². The summed E-state index contributed by atoms with van der Waals surface area (Å²) in [6.07, 6.45) is 6.70. The Morgan fingerprint density at radius 3 is 2.35 bits per heavy atom. The Balaban J connectivity index is 1.55. The molecule has 4 rings (SSSR count). The average Bonchev–Trinajstić information content (AvgIpc) is 2.93. The maximum Gasteiger partial charge on any atom is 0.248 e. The number of nitrogens with one attached hydrogen (secondary N) is 1. The van der Waals surface area contributed by atoms with Crippen molar-refractivity contribution < 1.29 is 14.3 Å². The van der Waals surface area contributed by atoms with E-state index < -0.39 is 5.91 Å². The van der Waals surface area contributed by atoms with Crippen molar-refractivity contribution in [3.05, 3.63) is 125 Å².